The van der Waals surface area contributed by atoms with E-state index in [4.69, 9.17) is 0 Å². The zero-order valence-electron chi connectivity index (χ0n) is 13.5. The van der Waals surface area contributed by atoms with Gasteiger partial charge in [-0.25, -0.2) is 4.68 Å². The lowest BCUT2D eigenvalue weighted by molar-refractivity contribution is 0.0924. The molecular weight excluding hydrogens is 274 g/mol. The van der Waals surface area contributed by atoms with Gasteiger partial charge in [0.1, 0.15) is 0 Å². The molecule has 1 N–H and O–H groups in total. The fraction of sp³-hybridized carbons (Fsp3) is 0.444. The zero-order chi connectivity index (χ0) is 15.7. The third kappa shape index (κ3) is 2.65. The zero-order valence-corrected chi connectivity index (χ0v) is 13.5. The Labute approximate surface area is 131 Å². The predicted octanol–water partition coefficient (Wildman–Crippen LogP) is 3.14. The van der Waals surface area contributed by atoms with E-state index in [0.717, 1.165) is 30.5 Å². The number of fused-ring (bicyclic) bond motifs is 1. The van der Waals surface area contributed by atoms with Gasteiger partial charge in [-0.3, -0.25) is 4.79 Å². The van der Waals surface area contributed by atoms with Crippen molar-refractivity contribution in [1.29, 1.82) is 0 Å². The summed E-state index contributed by atoms with van der Waals surface area (Å²) in [6, 6.07) is 10.2. The summed E-state index contributed by atoms with van der Waals surface area (Å²) in [4.78, 5) is 12.6. The van der Waals surface area contributed by atoms with Crippen LogP contribution in [-0.4, -0.2) is 21.7 Å². The highest BCUT2D eigenvalue weighted by Crippen LogP contribution is 2.27. The molecule has 1 amide bonds. The third-order valence-electron chi connectivity index (χ3n) is 4.50. The highest BCUT2D eigenvalue weighted by atomic mass is 16.2. The Morgan fingerprint density at radius 3 is 2.59 bits per heavy atom. The minimum absolute atomic E-state index is 0.0472. The van der Waals surface area contributed by atoms with E-state index in [0.29, 0.717) is 11.6 Å². The molecule has 3 rings (SSSR count). The van der Waals surface area contributed by atoms with Crippen LogP contribution in [0.2, 0.25) is 0 Å². The van der Waals surface area contributed by atoms with Gasteiger partial charge in [-0.1, -0.05) is 32.0 Å². The highest BCUT2D eigenvalue weighted by molar-refractivity contribution is 5.94. The lowest BCUT2D eigenvalue weighted by Gasteiger charge is -2.16. The van der Waals surface area contributed by atoms with Crippen LogP contribution in [0, 0.1) is 5.92 Å². The summed E-state index contributed by atoms with van der Waals surface area (Å²) in [7, 11) is 0. The smallest absolute Gasteiger partial charge is 0.272 e. The van der Waals surface area contributed by atoms with Crippen LogP contribution in [0.15, 0.2) is 30.3 Å². The number of carbonyl (C=O) groups is 1. The van der Waals surface area contributed by atoms with Crippen molar-refractivity contribution in [1.82, 2.24) is 15.1 Å². The van der Waals surface area contributed by atoms with Crippen molar-refractivity contribution >= 4 is 5.91 Å². The molecule has 0 spiro atoms. The molecule has 1 unspecified atom stereocenters. The van der Waals surface area contributed by atoms with E-state index >= 15 is 0 Å². The van der Waals surface area contributed by atoms with Gasteiger partial charge in [0.05, 0.1) is 5.69 Å². The molecule has 4 nitrogen and oxygen atoms in total. The number of nitrogens with zero attached hydrogens (tertiary/aromatic N) is 2. The number of hydrogen-bond donors (Lipinski definition) is 1. The van der Waals surface area contributed by atoms with Crippen LogP contribution < -0.4 is 5.32 Å². The second-order valence-electron chi connectivity index (χ2n) is 6.38. The van der Waals surface area contributed by atoms with Crippen LogP contribution in [0.1, 0.15) is 48.9 Å². The molecule has 1 aliphatic rings. The Morgan fingerprint density at radius 1 is 1.18 bits per heavy atom. The van der Waals surface area contributed by atoms with E-state index in [-0.39, 0.29) is 11.9 Å². The molecule has 4 heteroatoms. The van der Waals surface area contributed by atoms with E-state index < -0.39 is 0 Å². The molecule has 1 atom stereocenters. The second-order valence-corrected chi connectivity index (χ2v) is 6.38. The van der Waals surface area contributed by atoms with E-state index in [2.05, 4.69) is 24.3 Å². The van der Waals surface area contributed by atoms with Gasteiger partial charge < -0.3 is 5.32 Å². The third-order valence-corrected chi connectivity index (χ3v) is 4.50. The first-order valence-corrected chi connectivity index (χ1v) is 8.05. The Balaban J connectivity index is 1.95. The van der Waals surface area contributed by atoms with Crippen LogP contribution >= 0.6 is 0 Å². The van der Waals surface area contributed by atoms with Gasteiger partial charge in [0.2, 0.25) is 0 Å². The Kier molecular flexibility index (Phi) is 4.01. The predicted molar refractivity (Wildman–Crippen MR) is 87.4 cm³/mol. The fourth-order valence-corrected chi connectivity index (χ4v) is 2.84. The minimum Gasteiger partial charge on any atom is -0.348 e. The molecule has 1 aromatic carbocycles. The molecule has 0 aliphatic heterocycles. The van der Waals surface area contributed by atoms with Gasteiger partial charge in [0, 0.05) is 17.3 Å². The van der Waals surface area contributed by atoms with E-state index in [1.54, 1.807) is 0 Å². The van der Waals surface area contributed by atoms with Crippen LogP contribution in [0.25, 0.3) is 5.69 Å². The number of benzene rings is 1. The van der Waals surface area contributed by atoms with Crippen molar-refractivity contribution in [3.8, 4) is 5.69 Å². The number of hydrogen-bond acceptors (Lipinski definition) is 2. The monoisotopic (exact) mass is 297 g/mol. The van der Waals surface area contributed by atoms with E-state index in [1.807, 2.05) is 41.9 Å². The average molecular weight is 297 g/mol. The van der Waals surface area contributed by atoms with Crippen molar-refractivity contribution in [2.45, 2.75) is 46.1 Å². The maximum atomic E-state index is 12.6. The standard InChI is InChI=1S/C18H23N3O/c1-12(2)13(3)19-18(22)17-15-10-7-11-16(15)21(20-17)14-8-5-4-6-9-14/h4-6,8-9,12-13H,7,10-11H2,1-3H3,(H,19,22). The van der Waals surface area contributed by atoms with Crippen LogP contribution in [-0.2, 0) is 12.8 Å². The molecule has 116 valence electrons. The maximum absolute atomic E-state index is 12.6. The second kappa shape index (κ2) is 5.95. The number of aromatic nitrogens is 2. The van der Waals surface area contributed by atoms with Gasteiger partial charge in [0.25, 0.3) is 5.91 Å². The van der Waals surface area contributed by atoms with Gasteiger partial charge in [-0.2, -0.15) is 5.10 Å². The van der Waals surface area contributed by atoms with Crippen LogP contribution in [0.4, 0.5) is 0 Å². The minimum atomic E-state index is -0.0472. The molecule has 22 heavy (non-hydrogen) atoms. The summed E-state index contributed by atoms with van der Waals surface area (Å²) in [6.45, 7) is 6.26. The Bertz CT molecular complexity index is 673. The van der Waals surface area contributed by atoms with E-state index in [1.165, 1.54) is 5.69 Å². The summed E-state index contributed by atoms with van der Waals surface area (Å²) < 4.78 is 1.94. The highest BCUT2D eigenvalue weighted by Gasteiger charge is 2.27. The molecule has 1 heterocycles. The van der Waals surface area contributed by atoms with Crippen molar-refractivity contribution in [3.63, 3.8) is 0 Å². The lowest BCUT2D eigenvalue weighted by atomic mass is 10.1. The van der Waals surface area contributed by atoms with Crippen LogP contribution in [0.3, 0.4) is 0 Å². The maximum Gasteiger partial charge on any atom is 0.272 e. The number of nitrogens with one attached hydrogen (secondary N) is 1. The number of carbonyl (C=O) groups excluding carboxylic acids is 1. The quantitative estimate of drug-likeness (QED) is 0.942. The summed E-state index contributed by atoms with van der Waals surface area (Å²) >= 11 is 0. The number of amides is 1. The Hall–Kier alpha value is -2.10. The van der Waals surface area contributed by atoms with Crippen molar-refractivity contribution in [3.05, 3.63) is 47.3 Å². The first-order chi connectivity index (χ1) is 10.6. The fourth-order valence-electron chi connectivity index (χ4n) is 2.84. The van der Waals surface area contributed by atoms with E-state index in [9.17, 15) is 4.79 Å². The van der Waals surface area contributed by atoms with Crippen molar-refractivity contribution in [2.24, 2.45) is 5.92 Å². The SMILES string of the molecule is CC(C)C(C)NC(=O)c1nn(-c2ccccc2)c2c1CCC2. The van der Waals surface area contributed by atoms with Gasteiger partial charge in [-0.05, 0) is 44.2 Å². The first-order valence-electron chi connectivity index (χ1n) is 8.05. The topological polar surface area (TPSA) is 46.9 Å². The van der Waals surface area contributed by atoms with Gasteiger partial charge in [-0.15, -0.1) is 0 Å². The van der Waals surface area contributed by atoms with Crippen molar-refractivity contribution < 1.29 is 4.79 Å². The summed E-state index contributed by atoms with van der Waals surface area (Å²) in [5.41, 5.74) is 3.94. The molecule has 0 saturated carbocycles. The number of rotatable bonds is 4. The van der Waals surface area contributed by atoms with Crippen molar-refractivity contribution in [2.75, 3.05) is 0 Å². The lowest BCUT2D eigenvalue weighted by Crippen LogP contribution is -2.36. The average Bonchev–Trinajstić information content (AvgIpc) is 3.09. The largest absolute Gasteiger partial charge is 0.348 e. The molecule has 0 saturated heterocycles. The molecular formula is C18H23N3O. The van der Waals surface area contributed by atoms with Gasteiger partial charge >= 0.3 is 0 Å². The summed E-state index contributed by atoms with van der Waals surface area (Å²) in [5, 5.41) is 7.69. The van der Waals surface area contributed by atoms with Crippen LogP contribution in [0.5, 0.6) is 0 Å². The first kappa shape index (κ1) is 14.8. The summed E-state index contributed by atoms with van der Waals surface area (Å²) in [6.07, 6.45) is 3.03. The molecule has 0 radical (unpaired) electrons. The molecule has 0 bridgehead atoms. The molecule has 2 aromatic rings. The number of para-hydroxylation sites is 1. The molecule has 1 aromatic heterocycles. The Morgan fingerprint density at radius 2 is 1.91 bits per heavy atom. The molecule has 1 aliphatic carbocycles. The normalized spacial score (nSPS) is 14.9. The molecule has 0 fully saturated rings. The van der Waals surface area contributed by atoms with Gasteiger partial charge in [0.15, 0.2) is 5.69 Å². The summed E-state index contributed by atoms with van der Waals surface area (Å²) in [5.74, 6) is 0.363.